The van der Waals surface area contributed by atoms with Gasteiger partial charge in [0.25, 0.3) is 0 Å². The second kappa shape index (κ2) is 3.83. The molecule has 1 aromatic rings. The fraction of sp³-hybridized carbons (Fsp3) is 0.250. The lowest BCUT2D eigenvalue weighted by atomic mass is 10.1. The predicted molar refractivity (Wildman–Crippen MR) is 42.3 cm³/mol. The van der Waals surface area contributed by atoms with Crippen LogP contribution in [0.4, 0.5) is 8.78 Å². The van der Waals surface area contributed by atoms with Crippen LogP contribution in [0.2, 0.25) is 5.02 Å². The third-order valence-electron chi connectivity index (χ3n) is 1.47. The Hall–Kier alpha value is -0.670. The topological polar surface area (TPSA) is 20.2 Å². The zero-order valence-corrected chi connectivity index (χ0v) is 6.85. The van der Waals surface area contributed by atoms with E-state index in [0.717, 1.165) is 6.07 Å². The van der Waals surface area contributed by atoms with Crippen LogP contribution in [-0.4, -0.2) is 11.7 Å². The first-order chi connectivity index (χ1) is 5.65. The lowest BCUT2D eigenvalue weighted by Crippen LogP contribution is -1.97. The SMILES string of the molecule is OCC(F)c1ccc(Cl)c(F)c1. The van der Waals surface area contributed by atoms with Crippen molar-refractivity contribution in [2.24, 2.45) is 0 Å². The molecule has 0 aliphatic heterocycles. The van der Waals surface area contributed by atoms with E-state index in [2.05, 4.69) is 0 Å². The van der Waals surface area contributed by atoms with E-state index in [4.69, 9.17) is 16.7 Å². The van der Waals surface area contributed by atoms with Crippen LogP contribution in [0.25, 0.3) is 0 Å². The van der Waals surface area contributed by atoms with E-state index in [1.54, 1.807) is 0 Å². The lowest BCUT2D eigenvalue weighted by Gasteiger charge is -2.04. The maximum absolute atomic E-state index is 12.7. The summed E-state index contributed by atoms with van der Waals surface area (Å²) in [5, 5.41) is 8.37. The molecular weight excluding hydrogens is 186 g/mol. The molecule has 0 amide bonds. The monoisotopic (exact) mass is 192 g/mol. The second-order valence-corrected chi connectivity index (χ2v) is 2.73. The van der Waals surface area contributed by atoms with Crippen LogP contribution in [0.3, 0.4) is 0 Å². The van der Waals surface area contributed by atoms with Gasteiger partial charge in [0.15, 0.2) is 0 Å². The van der Waals surface area contributed by atoms with Crippen molar-refractivity contribution in [2.45, 2.75) is 6.17 Å². The summed E-state index contributed by atoms with van der Waals surface area (Å²) in [5.74, 6) is -0.676. The fourth-order valence-corrected chi connectivity index (χ4v) is 0.930. The number of aliphatic hydroxyl groups is 1. The molecule has 12 heavy (non-hydrogen) atoms. The van der Waals surface area contributed by atoms with Crippen molar-refractivity contribution in [1.29, 1.82) is 0 Å². The average molecular weight is 193 g/mol. The summed E-state index contributed by atoms with van der Waals surface area (Å²) in [6, 6.07) is 3.57. The van der Waals surface area contributed by atoms with Gasteiger partial charge in [-0.2, -0.15) is 0 Å². The van der Waals surface area contributed by atoms with Gasteiger partial charge < -0.3 is 5.11 Å². The van der Waals surface area contributed by atoms with Crippen LogP contribution in [0.5, 0.6) is 0 Å². The minimum atomic E-state index is -1.54. The summed E-state index contributed by atoms with van der Waals surface area (Å²) in [5.41, 5.74) is 0.0967. The number of alkyl halides is 1. The van der Waals surface area contributed by atoms with Crippen molar-refractivity contribution < 1.29 is 13.9 Å². The van der Waals surface area contributed by atoms with Crippen LogP contribution < -0.4 is 0 Å². The van der Waals surface area contributed by atoms with E-state index in [0.29, 0.717) is 0 Å². The first-order valence-electron chi connectivity index (χ1n) is 3.35. The molecule has 1 rings (SSSR count). The van der Waals surface area contributed by atoms with Crippen LogP contribution in [-0.2, 0) is 0 Å². The maximum Gasteiger partial charge on any atom is 0.148 e. The van der Waals surface area contributed by atoms with Gasteiger partial charge in [-0.15, -0.1) is 0 Å². The average Bonchev–Trinajstić information content (AvgIpc) is 2.08. The Morgan fingerprint density at radius 1 is 1.50 bits per heavy atom. The highest BCUT2D eigenvalue weighted by molar-refractivity contribution is 6.30. The zero-order chi connectivity index (χ0) is 9.14. The summed E-state index contributed by atoms with van der Waals surface area (Å²) in [7, 11) is 0. The molecule has 66 valence electrons. The number of hydrogen-bond donors (Lipinski definition) is 1. The van der Waals surface area contributed by atoms with Gasteiger partial charge in [-0.1, -0.05) is 17.7 Å². The Bertz CT molecular complexity index is 278. The van der Waals surface area contributed by atoms with Gasteiger partial charge in [-0.3, -0.25) is 0 Å². The standard InChI is InChI=1S/C8H7ClF2O/c9-6-2-1-5(3-7(6)10)8(11)4-12/h1-3,8,12H,4H2. The fourth-order valence-electron chi connectivity index (χ4n) is 0.813. The smallest absolute Gasteiger partial charge is 0.148 e. The van der Waals surface area contributed by atoms with Crippen molar-refractivity contribution >= 4 is 11.6 Å². The highest BCUT2D eigenvalue weighted by atomic mass is 35.5. The van der Waals surface area contributed by atoms with E-state index in [1.165, 1.54) is 12.1 Å². The summed E-state index contributed by atoms with van der Waals surface area (Å²) in [6.45, 7) is -0.652. The van der Waals surface area contributed by atoms with Crippen LogP contribution >= 0.6 is 11.6 Å². The van der Waals surface area contributed by atoms with Gasteiger partial charge >= 0.3 is 0 Å². The molecule has 0 spiro atoms. The van der Waals surface area contributed by atoms with Crippen LogP contribution in [0.15, 0.2) is 18.2 Å². The van der Waals surface area contributed by atoms with Gasteiger partial charge in [-0.25, -0.2) is 8.78 Å². The molecule has 0 bridgehead atoms. The molecule has 0 aliphatic carbocycles. The Balaban J connectivity index is 2.96. The Labute approximate surface area is 73.6 Å². The van der Waals surface area contributed by atoms with Gasteiger partial charge in [0.1, 0.15) is 12.0 Å². The number of rotatable bonds is 2. The normalized spacial score (nSPS) is 13.0. The highest BCUT2D eigenvalue weighted by Crippen LogP contribution is 2.21. The second-order valence-electron chi connectivity index (χ2n) is 2.32. The van der Waals surface area contributed by atoms with Crippen LogP contribution in [0, 0.1) is 5.82 Å². The third-order valence-corrected chi connectivity index (χ3v) is 1.77. The van der Waals surface area contributed by atoms with E-state index < -0.39 is 18.6 Å². The molecule has 0 radical (unpaired) electrons. The largest absolute Gasteiger partial charge is 0.393 e. The molecule has 1 N–H and O–H groups in total. The summed E-state index contributed by atoms with van der Waals surface area (Å²) >= 11 is 5.37. The van der Waals surface area contributed by atoms with E-state index >= 15 is 0 Å². The summed E-state index contributed by atoms with van der Waals surface area (Å²) < 4.78 is 25.4. The minimum absolute atomic E-state index is 0.0520. The van der Waals surface area contributed by atoms with Crippen LogP contribution in [0.1, 0.15) is 11.7 Å². The van der Waals surface area contributed by atoms with Crippen molar-refractivity contribution in [3.8, 4) is 0 Å². The summed E-state index contributed by atoms with van der Waals surface area (Å²) in [6.07, 6.45) is -1.54. The number of hydrogen-bond acceptors (Lipinski definition) is 1. The number of aliphatic hydroxyl groups excluding tert-OH is 1. The Morgan fingerprint density at radius 3 is 2.67 bits per heavy atom. The number of halogens is 3. The minimum Gasteiger partial charge on any atom is -0.393 e. The zero-order valence-electron chi connectivity index (χ0n) is 6.10. The molecule has 0 fully saturated rings. The van der Waals surface area contributed by atoms with Gasteiger partial charge in [0.2, 0.25) is 0 Å². The molecule has 1 unspecified atom stereocenters. The van der Waals surface area contributed by atoms with Crippen molar-refractivity contribution in [3.63, 3.8) is 0 Å². The molecule has 4 heteroatoms. The van der Waals surface area contributed by atoms with Gasteiger partial charge in [0.05, 0.1) is 11.6 Å². The highest BCUT2D eigenvalue weighted by Gasteiger charge is 2.09. The van der Waals surface area contributed by atoms with Gasteiger partial charge in [0, 0.05) is 0 Å². The lowest BCUT2D eigenvalue weighted by molar-refractivity contribution is 0.179. The van der Waals surface area contributed by atoms with E-state index in [1.807, 2.05) is 0 Å². The summed E-state index contributed by atoms with van der Waals surface area (Å²) in [4.78, 5) is 0. The maximum atomic E-state index is 12.7. The first kappa shape index (κ1) is 9.42. The van der Waals surface area contributed by atoms with Crippen molar-refractivity contribution in [2.75, 3.05) is 6.61 Å². The Morgan fingerprint density at radius 2 is 2.17 bits per heavy atom. The molecule has 1 atom stereocenters. The van der Waals surface area contributed by atoms with E-state index in [-0.39, 0.29) is 10.6 Å². The molecule has 0 aliphatic rings. The van der Waals surface area contributed by atoms with Crippen molar-refractivity contribution in [3.05, 3.63) is 34.6 Å². The molecule has 1 nitrogen and oxygen atoms in total. The van der Waals surface area contributed by atoms with Gasteiger partial charge in [-0.05, 0) is 17.7 Å². The quantitative estimate of drug-likeness (QED) is 0.763. The predicted octanol–water partition coefficient (Wildman–Crippen LogP) is 2.48. The van der Waals surface area contributed by atoms with Crippen molar-refractivity contribution in [1.82, 2.24) is 0 Å². The molecule has 0 saturated heterocycles. The number of benzene rings is 1. The third kappa shape index (κ3) is 1.93. The molecule has 0 aromatic heterocycles. The van der Waals surface area contributed by atoms with E-state index in [9.17, 15) is 8.78 Å². The Kier molecular flexibility index (Phi) is 3.00. The molecular formula is C8H7ClF2O. The first-order valence-corrected chi connectivity index (χ1v) is 3.73. The molecule has 0 heterocycles. The molecule has 1 aromatic carbocycles. The molecule has 0 saturated carbocycles.